The third-order valence-corrected chi connectivity index (χ3v) is 5.69. The van der Waals surface area contributed by atoms with Gasteiger partial charge in [-0.3, -0.25) is 9.97 Å². The van der Waals surface area contributed by atoms with Gasteiger partial charge in [0.05, 0.1) is 42.7 Å². The summed E-state index contributed by atoms with van der Waals surface area (Å²) in [6.07, 6.45) is 7.08. The van der Waals surface area contributed by atoms with Crippen LogP contribution in [0, 0.1) is 0 Å². The summed E-state index contributed by atoms with van der Waals surface area (Å²) in [5.74, 6) is 0.963. The topological polar surface area (TPSA) is 81.3 Å². The molecule has 0 aliphatic carbocycles. The molecule has 5 heterocycles. The van der Waals surface area contributed by atoms with Crippen LogP contribution in [0.4, 0.5) is 5.82 Å². The van der Waals surface area contributed by atoms with E-state index in [0.717, 1.165) is 58.5 Å². The molecule has 5 aromatic rings. The summed E-state index contributed by atoms with van der Waals surface area (Å²) in [6, 6.07) is 18.0. The fourth-order valence-electron chi connectivity index (χ4n) is 4.01. The number of hydrogen-bond acceptors (Lipinski definition) is 7. The third kappa shape index (κ3) is 3.81. The monoisotopic (exact) mass is 435 g/mol. The second-order valence-corrected chi connectivity index (χ2v) is 7.79. The average molecular weight is 435 g/mol. The highest BCUT2D eigenvalue weighted by Gasteiger charge is 2.19. The van der Waals surface area contributed by atoms with Crippen molar-refractivity contribution in [2.45, 2.75) is 0 Å². The number of hydrogen-bond donors (Lipinski definition) is 0. The highest BCUT2D eigenvalue weighted by molar-refractivity contribution is 5.70. The quantitative estimate of drug-likeness (QED) is 0.425. The van der Waals surface area contributed by atoms with Crippen LogP contribution in [0.2, 0.25) is 0 Å². The first-order valence-electron chi connectivity index (χ1n) is 10.9. The van der Waals surface area contributed by atoms with Crippen LogP contribution in [0.3, 0.4) is 0 Å². The largest absolute Gasteiger partial charge is 0.378 e. The molecule has 0 spiro atoms. The molecular weight excluding hydrogens is 414 g/mol. The molecule has 1 aromatic carbocycles. The van der Waals surface area contributed by atoms with Gasteiger partial charge in [0.15, 0.2) is 5.65 Å². The second kappa shape index (κ2) is 8.40. The van der Waals surface area contributed by atoms with E-state index < -0.39 is 0 Å². The van der Waals surface area contributed by atoms with Gasteiger partial charge in [0.2, 0.25) is 0 Å². The smallest absolute Gasteiger partial charge is 0.158 e. The molecule has 0 N–H and O–H groups in total. The van der Waals surface area contributed by atoms with E-state index in [-0.39, 0.29) is 0 Å². The number of aromatic nitrogens is 6. The Hall–Kier alpha value is -4.17. The van der Waals surface area contributed by atoms with Crippen LogP contribution in [0.15, 0.2) is 79.4 Å². The summed E-state index contributed by atoms with van der Waals surface area (Å²) in [5, 5.41) is 4.87. The zero-order chi connectivity index (χ0) is 22.0. The summed E-state index contributed by atoms with van der Waals surface area (Å²) >= 11 is 0. The number of benzene rings is 1. The van der Waals surface area contributed by atoms with Crippen molar-refractivity contribution in [2.75, 3.05) is 31.2 Å². The molecule has 1 fully saturated rings. The average Bonchev–Trinajstić information content (AvgIpc) is 3.34. The summed E-state index contributed by atoms with van der Waals surface area (Å²) in [5.41, 5.74) is 5.92. The molecule has 0 atom stereocenters. The van der Waals surface area contributed by atoms with E-state index in [1.807, 2.05) is 59.1 Å². The number of nitrogens with zero attached hydrogens (tertiary/aromatic N) is 7. The number of ether oxygens (including phenoxy) is 1. The molecule has 1 saturated heterocycles. The highest BCUT2D eigenvalue weighted by Crippen LogP contribution is 2.28. The zero-order valence-electron chi connectivity index (χ0n) is 17.9. The summed E-state index contributed by atoms with van der Waals surface area (Å²) < 4.78 is 7.47. The van der Waals surface area contributed by atoms with Crippen LogP contribution in [0.25, 0.3) is 39.5 Å². The van der Waals surface area contributed by atoms with Crippen LogP contribution in [-0.4, -0.2) is 55.9 Å². The van der Waals surface area contributed by atoms with Gasteiger partial charge >= 0.3 is 0 Å². The van der Waals surface area contributed by atoms with Gasteiger partial charge in [-0.15, -0.1) is 0 Å². The molecule has 0 unspecified atom stereocenters. The first kappa shape index (κ1) is 19.5. The minimum atomic E-state index is 0.681. The lowest BCUT2D eigenvalue weighted by Crippen LogP contribution is -2.37. The lowest BCUT2D eigenvalue weighted by atomic mass is 10.1. The molecule has 8 heteroatoms. The molecule has 1 aliphatic rings. The van der Waals surface area contributed by atoms with Gasteiger partial charge in [-0.25, -0.2) is 9.97 Å². The molecule has 162 valence electrons. The number of pyridine rings is 1. The lowest BCUT2D eigenvalue weighted by Gasteiger charge is -2.29. The maximum absolute atomic E-state index is 5.57. The minimum Gasteiger partial charge on any atom is -0.378 e. The van der Waals surface area contributed by atoms with Gasteiger partial charge in [0, 0.05) is 48.7 Å². The first-order chi connectivity index (χ1) is 16.3. The van der Waals surface area contributed by atoms with Crippen molar-refractivity contribution in [2.24, 2.45) is 0 Å². The van der Waals surface area contributed by atoms with E-state index in [2.05, 4.69) is 14.9 Å². The Labute approximate surface area is 190 Å². The van der Waals surface area contributed by atoms with Gasteiger partial charge in [-0.2, -0.15) is 9.61 Å². The number of anilines is 1. The Kier molecular flexibility index (Phi) is 4.97. The predicted molar refractivity (Wildman–Crippen MR) is 126 cm³/mol. The Morgan fingerprint density at radius 2 is 1.45 bits per heavy atom. The van der Waals surface area contributed by atoms with Crippen LogP contribution in [0.5, 0.6) is 0 Å². The van der Waals surface area contributed by atoms with Gasteiger partial charge in [-0.05, 0) is 12.1 Å². The van der Waals surface area contributed by atoms with Crippen molar-refractivity contribution >= 4 is 11.5 Å². The molecule has 4 aromatic heterocycles. The number of morpholine rings is 1. The predicted octanol–water partition coefficient (Wildman–Crippen LogP) is 3.75. The van der Waals surface area contributed by atoms with Crippen LogP contribution < -0.4 is 4.90 Å². The maximum Gasteiger partial charge on any atom is 0.158 e. The SMILES string of the molecule is c1ccc(-c2cncc(-c3cc(N4CCOCC4)n4nc(-c5ccncc5)cc4n3)n2)cc1. The Morgan fingerprint density at radius 1 is 0.697 bits per heavy atom. The van der Waals surface area contributed by atoms with E-state index in [1.54, 1.807) is 24.8 Å². The third-order valence-electron chi connectivity index (χ3n) is 5.69. The van der Waals surface area contributed by atoms with Crippen LogP contribution in [-0.2, 0) is 4.74 Å². The van der Waals surface area contributed by atoms with Crippen molar-refractivity contribution in [1.29, 1.82) is 0 Å². The summed E-state index contributed by atoms with van der Waals surface area (Å²) in [4.78, 5) is 20.6. The number of rotatable bonds is 4. The Balaban J connectivity index is 1.50. The van der Waals surface area contributed by atoms with Crippen LogP contribution in [0.1, 0.15) is 0 Å². The normalized spacial score (nSPS) is 14.0. The zero-order valence-corrected chi connectivity index (χ0v) is 17.9. The Bertz CT molecular complexity index is 1400. The van der Waals surface area contributed by atoms with Crippen molar-refractivity contribution < 1.29 is 4.74 Å². The van der Waals surface area contributed by atoms with Crippen LogP contribution >= 0.6 is 0 Å². The molecule has 0 amide bonds. The van der Waals surface area contributed by atoms with Gasteiger partial charge in [-0.1, -0.05) is 30.3 Å². The molecular formula is C25H21N7O. The van der Waals surface area contributed by atoms with Crippen molar-refractivity contribution in [3.05, 3.63) is 79.4 Å². The Morgan fingerprint density at radius 3 is 2.27 bits per heavy atom. The molecule has 33 heavy (non-hydrogen) atoms. The number of fused-ring (bicyclic) bond motifs is 1. The minimum absolute atomic E-state index is 0.681. The molecule has 0 saturated carbocycles. The van der Waals surface area contributed by atoms with Crippen molar-refractivity contribution in [1.82, 2.24) is 29.5 Å². The fourth-order valence-corrected chi connectivity index (χ4v) is 4.01. The van der Waals surface area contributed by atoms with E-state index in [0.29, 0.717) is 13.2 Å². The van der Waals surface area contributed by atoms with Gasteiger partial charge < -0.3 is 9.64 Å². The first-order valence-corrected chi connectivity index (χ1v) is 10.9. The van der Waals surface area contributed by atoms with E-state index in [1.165, 1.54) is 0 Å². The fraction of sp³-hybridized carbons (Fsp3) is 0.160. The highest BCUT2D eigenvalue weighted by atomic mass is 16.5. The molecule has 6 rings (SSSR count). The van der Waals surface area contributed by atoms with Crippen molar-refractivity contribution in [3.63, 3.8) is 0 Å². The molecule has 8 nitrogen and oxygen atoms in total. The van der Waals surface area contributed by atoms with E-state index in [9.17, 15) is 0 Å². The second-order valence-electron chi connectivity index (χ2n) is 7.79. The maximum atomic E-state index is 5.57. The van der Waals surface area contributed by atoms with Crippen molar-refractivity contribution in [3.8, 4) is 33.9 Å². The van der Waals surface area contributed by atoms with Gasteiger partial charge in [0.1, 0.15) is 11.5 Å². The summed E-state index contributed by atoms with van der Waals surface area (Å²) in [6.45, 7) is 2.94. The summed E-state index contributed by atoms with van der Waals surface area (Å²) in [7, 11) is 0. The molecule has 0 bridgehead atoms. The molecule has 1 aliphatic heterocycles. The standard InChI is InChI=1S/C25H21N7O/c1-2-4-18(5-3-1)22-16-27-17-23(28-22)21-15-25(31-10-12-33-13-11-31)32-24(29-21)14-20(30-32)19-6-8-26-9-7-19/h1-9,14-17H,10-13H2. The van der Waals surface area contributed by atoms with E-state index in [4.69, 9.17) is 19.8 Å². The van der Waals surface area contributed by atoms with E-state index >= 15 is 0 Å². The lowest BCUT2D eigenvalue weighted by molar-refractivity contribution is 0.122. The van der Waals surface area contributed by atoms with Gasteiger partial charge in [0.25, 0.3) is 0 Å². The molecule has 0 radical (unpaired) electrons.